The van der Waals surface area contributed by atoms with Crippen molar-refractivity contribution >= 4 is 0 Å². The van der Waals surface area contributed by atoms with Gasteiger partial charge in [-0.15, -0.1) is 6.58 Å². The van der Waals surface area contributed by atoms with Crippen LogP contribution in [0.3, 0.4) is 0 Å². The van der Waals surface area contributed by atoms with E-state index in [1.54, 1.807) is 6.33 Å². The molecule has 1 N–H and O–H groups in total. The van der Waals surface area contributed by atoms with Gasteiger partial charge in [-0.1, -0.05) is 13.0 Å². The van der Waals surface area contributed by atoms with E-state index in [1.807, 2.05) is 10.8 Å². The first-order chi connectivity index (χ1) is 8.17. The van der Waals surface area contributed by atoms with Gasteiger partial charge in [0.05, 0.1) is 0 Å². The summed E-state index contributed by atoms with van der Waals surface area (Å²) in [6.07, 6.45) is 7.20. The molecule has 1 atom stereocenters. The standard InChI is InChI=1S/C13H22N4/c1-4-13(3,9-14-11-6-7-11)8-12-15-10-16-17(12)5-2/h4,10-11,14H,1,5-9H2,2-3H3. The molecular weight excluding hydrogens is 212 g/mol. The number of hydrogen-bond acceptors (Lipinski definition) is 3. The summed E-state index contributed by atoms with van der Waals surface area (Å²) in [5.74, 6) is 1.05. The maximum absolute atomic E-state index is 4.34. The largest absolute Gasteiger partial charge is 0.313 e. The molecule has 0 spiro atoms. The summed E-state index contributed by atoms with van der Waals surface area (Å²) >= 11 is 0. The molecule has 2 rings (SSSR count). The van der Waals surface area contributed by atoms with Crippen molar-refractivity contribution in [3.63, 3.8) is 0 Å². The van der Waals surface area contributed by atoms with Crippen LogP contribution in [0.5, 0.6) is 0 Å². The van der Waals surface area contributed by atoms with E-state index >= 15 is 0 Å². The fraction of sp³-hybridized carbons (Fsp3) is 0.692. The zero-order valence-corrected chi connectivity index (χ0v) is 10.8. The Morgan fingerprint density at radius 3 is 3.00 bits per heavy atom. The molecule has 17 heavy (non-hydrogen) atoms. The lowest BCUT2D eigenvalue weighted by atomic mass is 9.86. The van der Waals surface area contributed by atoms with Crippen LogP contribution in [0.2, 0.25) is 0 Å². The minimum Gasteiger partial charge on any atom is -0.313 e. The van der Waals surface area contributed by atoms with Crippen LogP contribution in [0.1, 0.15) is 32.5 Å². The van der Waals surface area contributed by atoms with Crippen molar-refractivity contribution in [3.8, 4) is 0 Å². The summed E-state index contributed by atoms with van der Waals surface area (Å²) in [4.78, 5) is 4.34. The van der Waals surface area contributed by atoms with Gasteiger partial charge < -0.3 is 5.32 Å². The van der Waals surface area contributed by atoms with Crippen LogP contribution in [0.4, 0.5) is 0 Å². The number of nitrogens with one attached hydrogen (secondary N) is 1. The van der Waals surface area contributed by atoms with Crippen LogP contribution < -0.4 is 5.32 Å². The summed E-state index contributed by atoms with van der Waals surface area (Å²) in [5.41, 5.74) is 0.0581. The Bertz CT molecular complexity index is 381. The molecule has 0 aromatic carbocycles. The van der Waals surface area contributed by atoms with E-state index in [2.05, 4.69) is 35.8 Å². The van der Waals surface area contributed by atoms with Gasteiger partial charge in [-0.3, -0.25) is 4.68 Å². The van der Waals surface area contributed by atoms with Crippen LogP contribution in [0, 0.1) is 5.41 Å². The maximum Gasteiger partial charge on any atom is 0.138 e. The van der Waals surface area contributed by atoms with Crippen molar-refractivity contribution in [3.05, 3.63) is 24.8 Å². The van der Waals surface area contributed by atoms with E-state index in [4.69, 9.17) is 0 Å². The molecule has 1 aliphatic rings. The van der Waals surface area contributed by atoms with E-state index in [9.17, 15) is 0 Å². The van der Waals surface area contributed by atoms with Crippen molar-refractivity contribution in [1.29, 1.82) is 0 Å². The third kappa shape index (κ3) is 3.16. The fourth-order valence-electron chi connectivity index (χ4n) is 1.92. The number of aromatic nitrogens is 3. The molecule has 94 valence electrons. The Morgan fingerprint density at radius 1 is 1.65 bits per heavy atom. The second kappa shape index (κ2) is 5.00. The number of nitrogens with zero attached hydrogens (tertiary/aromatic N) is 3. The number of hydrogen-bond donors (Lipinski definition) is 1. The third-order valence-corrected chi connectivity index (χ3v) is 3.42. The number of aryl methyl sites for hydroxylation is 1. The zero-order valence-electron chi connectivity index (χ0n) is 10.8. The van der Waals surface area contributed by atoms with Gasteiger partial charge in [0.1, 0.15) is 12.2 Å². The van der Waals surface area contributed by atoms with E-state index in [1.165, 1.54) is 12.8 Å². The summed E-state index contributed by atoms with van der Waals surface area (Å²) in [6.45, 7) is 10.1. The molecule has 1 aromatic rings. The molecule has 0 aliphatic heterocycles. The topological polar surface area (TPSA) is 42.7 Å². The minimum atomic E-state index is 0.0581. The Morgan fingerprint density at radius 2 is 2.41 bits per heavy atom. The molecule has 1 aliphatic carbocycles. The Labute approximate surface area is 103 Å². The lowest BCUT2D eigenvalue weighted by Crippen LogP contribution is -2.34. The first kappa shape index (κ1) is 12.3. The van der Waals surface area contributed by atoms with Gasteiger partial charge in [0.15, 0.2) is 0 Å². The van der Waals surface area contributed by atoms with Crippen LogP contribution in [-0.4, -0.2) is 27.4 Å². The summed E-state index contributed by atoms with van der Waals surface area (Å²) in [7, 11) is 0. The first-order valence-corrected chi connectivity index (χ1v) is 6.40. The highest BCUT2D eigenvalue weighted by molar-refractivity contribution is 5.02. The van der Waals surface area contributed by atoms with E-state index < -0.39 is 0 Å². The molecule has 1 heterocycles. The molecule has 4 nitrogen and oxygen atoms in total. The minimum absolute atomic E-state index is 0.0581. The zero-order chi connectivity index (χ0) is 12.3. The predicted octanol–water partition coefficient (Wildman–Crippen LogP) is 1.78. The predicted molar refractivity (Wildman–Crippen MR) is 68.7 cm³/mol. The quantitative estimate of drug-likeness (QED) is 0.731. The SMILES string of the molecule is C=CC(C)(CNC1CC1)Cc1ncnn1CC. The molecule has 1 unspecified atom stereocenters. The van der Waals surface area contributed by atoms with Gasteiger partial charge in [0.2, 0.25) is 0 Å². The smallest absolute Gasteiger partial charge is 0.138 e. The van der Waals surface area contributed by atoms with Crippen molar-refractivity contribution < 1.29 is 0 Å². The van der Waals surface area contributed by atoms with E-state index in [-0.39, 0.29) is 5.41 Å². The monoisotopic (exact) mass is 234 g/mol. The second-order valence-corrected chi connectivity index (χ2v) is 5.18. The van der Waals surface area contributed by atoms with Crippen LogP contribution >= 0.6 is 0 Å². The van der Waals surface area contributed by atoms with Crippen molar-refractivity contribution in [1.82, 2.24) is 20.1 Å². The van der Waals surface area contributed by atoms with Gasteiger partial charge in [0, 0.05) is 31.0 Å². The normalized spacial score (nSPS) is 18.9. The Hall–Kier alpha value is -1.16. The summed E-state index contributed by atoms with van der Waals surface area (Å²) in [5, 5.41) is 7.78. The van der Waals surface area contributed by atoms with Crippen molar-refractivity contribution in [2.24, 2.45) is 5.41 Å². The van der Waals surface area contributed by atoms with Crippen molar-refractivity contribution in [2.75, 3.05) is 6.54 Å². The maximum atomic E-state index is 4.34. The molecule has 1 saturated carbocycles. The average molecular weight is 234 g/mol. The van der Waals surface area contributed by atoms with E-state index in [0.29, 0.717) is 0 Å². The number of rotatable bonds is 7. The molecule has 0 bridgehead atoms. The van der Waals surface area contributed by atoms with Crippen molar-refractivity contribution in [2.45, 2.75) is 45.7 Å². The highest BCUT2D eigenvalue weighted by atomic mass is 15.3. The Balaban J connectivity index is 1.99. The molecule has 1 aromatic heterocycles. The highest BCUT2D eigenvalue weighted by Gasteiger charge is 2.27. The Kier molecular flexibility index (Phi) is 3.62. The first-order valence-electron chi connectivity index (χ1n) is 6.40. The average Bonchev–Trinajstić information content (AvgIpc) is 3.07. The lowest BCUT2D eigenvalue weighted by Gasteiger charge is -2.25. The third-order valence-electron chi connectivity index (χ3n) is 3.42. The van der Waals surface area contributed by atoms with Gasteiger partial charge in [-0.2, -0.15) is 5.10 Å². The molecule has 1 fully saturated rings. The fourth-order valence-corrected chi connectivity index (χ4v) is 1.92. The van der Waals surface area contributed by atoms with Gasteiger partial charge >= 0.3 is 0 Å². The van der Waals surface area contributed by atoms with Crippen LogP contribution in [-0.2, 0) is 13.0 Å². The second-order valence-electron chi connectivity index (χ2n) is 5.18. The molecular formula is C13H22N4. The summed E-state index contributed by atoms with van der Waals surface area (Å²) < 4.78 is 1.96. The lowest BCUT2D eigenvalue weighted by molar-refractivity contribution is 0.372. The van der Waals surface area contributed by atoms with Gasteiger partial charge in [0.25, 0.3) is 0 Å². The highest BCUT2D eigenvalue weighted by Crippen LogP contribution is 2.25. The summed E-state index contributed by atoms with van der Waals surface area (Å²) in [6, 6.07) is 0.735. The van der Waals surface area contributed by atoms with Crippen LogP contribution in [0.25, 0.3) is 0 Å². The van der Waals surface area contributed by atoms with Crippen LogP contribution in [0.15, 0.2) is 19.0 Å². The molecule has 0 amide bonds. The van der Waals surface area contributed by atoms with E-state index in [0.717, 1.165) is 31.4 Å². The van der Waals surface area contributed by atoms with Gasteiger partial charge in [-0.05, 0) is 19.8 Å². The van der Waals surface area contributed by atoms with Gasteiger partial charge in [-0.25, -0.2) is 4.98 Å². The molecule has 4 heteroatoms. The molecule has 0 saturated heterocycles. The molecule has 0 radical (unpaired) electrons.